The Labute approximate surface area is 103 Å². The number of rotatable bonds is 1. The second-order valence-electron chi connectivity index (χ2n) is 6.96. The predicted octanol–water partition coefficient (Wildman–Crippen LogP) is 5.34. The molecule has 0 aromatic rings. The lowest BCUT2D eigenvalue weighted by molar-refractivity contribution is 0.724. The van der Waals surface area contributed by atoms with Crippen molar-refractivity contribution in [3.8, 4) is 0 Å². The molecule has 1 aliphatic rings. The highest BCUT2D eigenvalue weighted by Crippen LogP contribution is 2.49. The fourth-order valence-corrected chi connectivity index (χ4v) is 5.78. The average molecular weight is 236 g/mol. The molecule has 0 heterocycles. The molecule has 0 amide bonds. The molecule has 0 saturated carbocycles. The largest absolute Gasteiger partial charge is 0.0862 e. The van der Waals surface area contributed by atoms with E-state index >= 15 is 0 Å². The number of hydrogen-bond donors (Lipinski definition) is 0. The molecular formula is C15H28Si. The van der Waals surface area contributed by atoms with E-state index in [9.17, 15) is 0 Å². The standard InChI is InChI=1S/C15H28Si/c1-10-11(2)13(4)14(12(10)3)16(8,9)15(5,6)7/h10H,1-9H3. The topological polar surface area (TPSA) is 0 Å². The summed E-state index contributed by atoms with van der Waals surface area (Å²) in [6, 6.07) is 0. The summed E-state index contributed by atoms with van der Waals surface area (Å²) in [6.45, 7) is 21.6. The second kappa shape index (κ2) is 3.87. The molecule has 0 aromatic heterocycles. The van der Waals surface area contributed by atoms with Crippen molar-refractivity contribution in [1.29, 1.82) is 0 Å². The SMILES string of the molecule is CC1=C(C)C(C)C(C)=C1[Si](C)(C)C(C)(C)C. The van der Waals surface area contributed by atoms with Gasteiger partial charge in [0.1, 0.15) is 0 Å². The summed E-state index contributed by atoms with van der Waals surface area (Å²) in [5, 5.41) is 2.18. The van der Waals surface area contributed by atoms with Gasteiger partial charge in [-0.3, -0.25) is 0 Å². The van der Waals surface area contributed by atoms with Gasteiger partial charge in [0.25, 0.3) is 0 Å². The Morgan fingerprint density at radius 2 is 1.38 bits per heavy atom. The lowest BCUT2D eigenvalue weighted by Crippen LogP contribution is -2.40. The molecule has 0 spiro atoms. The quantitative estimate of drug-likeness (QED) is 0.539. The van der Waals surface area contributed by atoms with Crippen LogP contribution in [-0.4, -0.2) is 8.07 Å². The van der Waals surface area contributed by atoms with Crippen LogP contribution in [-0.2, 0) is 0 Å². The van der Waals surface area contributed by atoms with Crippen LogP contribution < -0.4 is 0 Å². The van der Waals surface area contributed by atoms with Gasteiger partial charge in [-0.05, 0) is 31.7 Å². The summed E-state index contributed by atoms with van der Waals surface area (Å²) in [6.07, 6.45) is 0. The van der Waals surface area contributed by atoms with Crippen LogP contribution >= 0.6 is 0 Å². The highest BCUT2D eigenvalue weighted by atomic mass is 28.3. The Morgan fingerprint density at radius 1 is 0.938 bits per heavy atom. The molecule has 1 rings (SSSR count). The fourth-order valence-electron chi connectivity index (χ4n) is 2.70. The average Bonchev–Trinajstić information content (AvgIpc) is 2.29. The van der Waals surface area contributed by atoms with Crippen LogP contribution in [0.1, 0.15) is 48.5 Å². The van der Waals surface area contributed by atoms with E-state index < -0.39 is 8.07 Å². The van der Waals surface area contributed by atoms with Gasteiger partial charge in [0.15, 0.2) is 0 Å². The van der Waals surface area contributed by atoms with Crippen LogP contribution in [0.4, 0.5) is 0 Å². The smallest absolute Gasteiger partial charge is 0.0669 e. The summed E-state index contributed by atoms with van der Waals surface area (Å²) < 4.78 is 0. The molecule has 0 saturated heterocycles. The van der Waals surface area contributed by atoms with Crippen LogP contribution in [0.2, 0.25) is 18.1 Å². The summed E-state index contributed by atoms with van der Waals surface area (Å²) in [5.41, 5.74) is 4.83. The third-order valence-corrected chi connectivity index (χ3v) is 10.9. The van der Waals surface area contributed by atoms with Gasteiger partial charge in [-0.2, -0.15) is 0 Å². The predicted molar refractivity (Wildman–Crippen MR) is 77.4 cm³/mol. The van der Waals surface area contributed by atoms with Crippen LogP contribution in [0.25, 0.3) is 0 Å². The van der Waals surface area contributed by atoms with Gasteiger partial charge in [-0.15, -0.1) is 0 Å². The van der Waals surface area contributed by atoms with Crippen LogP contribution in [0.15, 0.2) is 21.9 Å². The first-order valence-corrected chi connectivity index (χ1v) is 9.40. The fraction of sp³-hybridized carbons (Fsp3) is 0.733. The molecule has 0 aliphatic heterocycles. The van der Waals surface area contributed by atoms with Crippen LogP contribution in [0, 0.1) is 5.92 Å². The minimum Gasteiger partial charge on any atom is -0.0669 e. The van der Waals surface area contributed by atoms with Crippen molar-refractivity contribution in [2.75, 3.05) is 0 Å². The van der Waals surface area contributed by atoms with Crippen LogP contribution in [0.3, 0.4) is 0 Å². The van der Waals surface area contributed by atoms with Gasteiger partial charge in [0.05, 0.1) is 8.07 Å². The first-order chi connectivity index (χ1) is 7.01. The monoisotopic (exact) mass is 236 g/mol. The molecule has 0 N–H and O–H groups in total. The van der Waals surface area contributed by atoms with Crippen molar-refractivity contribution in [3.05, 3.63) is 21.9 Å². The van der Waals surface area contributed by atoms with Crippen LogP contribution in [0.5, 0.6) is 0 Å². The molecular weight excluding hydrogens is 208 g/mol. The summed E-state index contributed by atoms with van der Waals surface area (Å²) in [5.74, 6) is 0.670. The highest BCUT2D eigenvalue weighted by molar-refractivity contribution is 6.87. The molecule has 1 aliphatic carbocycles. The zero-order chi connectivity index (χ0) is 12.9. The maximum atomic E-state index is 2.53. The zero-order valence-corrected chi connectivity index (χ0v) is 13.6. The van der Waals surface area contributed by atoms with Gasteiger partial charge in [0.2, 0.25) is 0 Å². The van der Waals surface area contributed by atoms with E-state index in [1.165, 1.54) is 0 Å². The molecule has 1 heteroatoms. The normalized spacial score (nSPS) is 23.4. The first-order valence-electron chi connectivity index (χ1n) is 6.40. The van der Waals surface area contributed by atoms with E-state index in [1.807, 2.05) is 0 Å². The van der Waals surface area contributed by atoms with E-state index in [4.69, 9.17) is 0 Å². The van der Waals surface area contributed by atoms with Crippen molar-refractivity contribution in [2.24, 2.45) is 5.92 Å². The maximum absolute atomic E-state index is 2.53. The first kappa shape index (κ1) is 13.8. The third kappa shape index (κ3) is 1.83. The summed E-state index contributed by atoms with van der Waals surface area (Å²) in [7, 11) is -1.36. The summed E-state index contributed by atoms with van der Waals surface area (Å²) >= 11 is 0. The molecule has 0 fully saturated rings. The van der Waals surface area contributed by atoms with E-state index in [0.29, 0.717) is 11.0 Å². The van der Waals surface area contributed by atoms with Gasteiger partial charge in [0, 0.05) is 0 Å². The Kier molecular flexibility index (Phi) is 3.33. The van der Waals surface area contributed by atoms with Gasteiger partial charge in [-0.25, -0.2) is 0 Å². The van der Waals surface area contributed by atoms with Crippen molar-refractivity contribution in [1.82, 2.24) is 0 Å². The molecule has 0 nitrogen and oxygen atoms in total. The Hall–Kier alpha value is -0.303. The second-order valence-corrected chi connectivity index (χ2v) is 12.2. The molecule has 92 valence electrons. The molecule has 16 heavy (non-hydrogen) atoms. The van der Waals surface area contributed by atoms with Crippen molar-refractivity contribution in [3.63, 3.8) is 0 Å². The van der Waals surface area contributed by atoms with Gasteiger partial charge >= 0.3 is 0 Å². The lowest BCUT2D eigenvalue weighted by atomic mass is 10.0. The lowest BCUT2D eigenvalue weighted by Gasteiger charge is -2.39. The Bertz CT molecular complexity index is 361. The minimum absolute atomic E-state index is 0.440. The minimum atomic E-state index is -1.36. The van der Waals surface area contributed by atoms with E-state index in [2.05, 4.69) is 61.6 Å². The zero-order valence-electron chi connectivity index (χ0n) is 12.6. The van der Waals surface area contributed by atoms with E-state index in [0.717, 1.165) is 0 Å². The third-order valence-electron chi connectivity index (χ3n) is 5.16. The number of allylic oxidation sites excluding steroid dienone is 4. The molecule has 0 aromatic carbocycles. The van der Waals surface area contributed by atoms with E-state index in [1.54, 1.807) is 21.9 Å². The van der Waals surface area contributed by atoms with Gasteiger partial charge < -0.3 is 0 Å². The van der Waals surface area contributed by atoms with Crippen molar-refractivity contribution < 1.29 is 0 Å². The molecule has 1 unspecified atom stereocenters. The highest BCUT2D eigenvalue weighted by Gasteiger charge is 2.42. The van der Waals surface area contributed by atoms with Crippen molar-refractivity contribution >= 4 is 8.07 Å². The Morgan fingerprint density at radius 3 is 1.62 bits per heavy atom. The maximum Gasteiger partial charge on any atom is 0.0862 e. The molecule has 0 bridgehead atoms. The van der Waals surface area contributed by atoms with Gasteiger partial charge in [-0.1, -0.05) is 62.7 Å². The molecule has 1 atom stereocenters. The van der Waals surface area contributed by atoms with E-state index in [-0.39, 0.29) is 0 Å². The molecule has 0 radical (unpaired) electrons. The van der Waals surface area contributed by atoms with Crippen molar-refractivity contribution in [2.45, 2.75) is 66.6 Å². The number of hydrogen-bond acceptors (Lipinski definition) is 0. The Balaban J connectivity index is 3.36. The summed E-state index contributed by atoms with van der Waals surface area (Å²) in [4.78, 5) is 0.